The summed E-state index contributed by atoms with van der Waals surface area (Å²) in [6, 6.07) is 5.14. The molecule has 0 fully saturated rings. The lowest BCUT2D eigenvalue weighted by Gasteiger charge is -2.16. The monoisotopic (exact) mass is 433 g/mol. The van der Waals surface area contributed by atoms with Crippen LogP contribution in [-0.2, 0) is 27.3 Å². The number of amides is 1. The Morgan fingerprint density at radius 3 is 3.00 bits per heavy atom. The third-order valence-electron chi connectivity index (χ3n) is 4.23. The van der Waals surface area contributed by atoms with Crippen molar-refractivity contribution in [1.82, 2.24) is 25.1 Å². The molecule has 142 valence electrons. The van der Waals surface area contributed by atoms with Gasteiger partial charge in [-0.3, -0.25) is 9.48 Å². The quantitative estimate of drug-likeness (QED) is 0.530. The van der Waals surface area contributed by atoms with Crippen molar-refractivity contribution in [2.75, 3.05) is 7.11 Å². The topological polar surface area (TPSA) is 102 Å². The first-order valence-corrected chi connectivity index (χ1v) is 9.31. The second kappa shape index (κ2) is 8.81. The summed E-state index contributed by atoms with van der Waals surface area (Å²) in [5.41, 5.74) is 1.90. The fraction of sp³-hybridized carbons (Fsp3) is 0.333. The highest BCUT2D eigenvalue weighted by Crippen LogP contribution is 2.23. The molecular formula is C18H20BrN5O3. The molecule has 2 aromatic heterocycles. The third-order valence-corrected chi connectivity index (χ3v) is 4.73. The molecule has 3 rings (SSSR count). The zero-order chi connectivity index (χ0) is 19.2. The molecule has 1 atom stereocenters. The number of rotatable bonds is 8. The van der Waals surface area contributed by atoms with Crippen molar-refractivity contribution < 1.29 is 14.3 Å². The molecule has 1 unspecified atom stereocenters. The molecule has 0 saturated carbocycles. The molecule has 2 N–H and O–H groups in total. The van der Waals surface area contributed by atoms with E-state index in [0.717, 1.165) is 20.9 Å². The molecule has 9 heteroatoms. The number of H-pyrrole nitrogens is 1. The van der Waals surface area contributed by atoms with Crippen molar-refractivity contribution >= 4 is 38.7 Å². The predicted octanol–water partition coefficient (Wildman–Crippen LogP) is 2.20. The summed E-state index contributed by atoms with van der Waals surface area (Å²) in [4.78, 5) is 31.5. The molecule has 1 amide bonds. The van der Waals surface area contributed by atoms with Crippen LogP contribution in [0.4, 0.5) is 0 Å². The largest absolute Gasteiger partial charge is 0.467 e. The summed E-state index contributed by atoms with van der Waals surface area (Å²) in [5.74, 6) is -0.671. The van der Waals surface area contributed by atoms with Gasteiger partial charge in [0.25, 0.3) is 0 Å². The second-order valence-electron chi connectivity index (χ2n) is 6.11. The number of fused-ring (bicyclic) bond motifs is 1. The summed E-state index contributed by atoms with van der Waals surface area (Å²) < 4.78 is 7.47. The second-order valence-corrected chi connectivity index (χ2v) is 7.03. The van der Waals surface area contributed by atoms with Gasteiger partial charge in [0.1, 0.15) is 18.7 Å². The highest BCUT2D eigenvalue weighted by atomic mass is 79.9. The van der Waals surface area contributed by atoms with Crippen LogP contribution in [0.25, 0.3) is 10.9 Å². The van der Waals surface area contributed by atoms with E-state index in [1.165, 1.54) is 13.4 Å². The molecule has 2 heterocycles. The highest BCUT2D eigenvalue weighted by Gasteiger charge is 2.23. The summed E-state index contributed by atoms with van der Waals surface area (Å²) >= 11 is 3.46. The Morgan fingerprint density at radius 2 is 2.26 bits per heavy atom. The number of halogens is 1. The van der Waals surface area contributed by atoms with Gasteiger partial charge in [0.05, 0.1) is 7.11 Å². The van der Waals surface area contributed by atoms with E-state index in [1.807, 2.05) is 24.4 Å². The van der Waals surface area contributed by atoms with Crippen molar-refractivity contribution in [3.63, 3.8) is 0 Å². The fourth-order valence-electron chi connectivity index (χ4n) is 2.89. The number of nitrogens with one attached hydrogen (secondary N) is 2. The molecule has 0 aliphatic heterocycles. The van der Waals surface area contributed by atoms with Gasteiger partial charge in [0, 0.05) is 41.0 Å². The van der Waals surface area contributed by atoms with Gasteiger partial charge < -0.3 is 15.0 Å². The van der Waals surface area contributed by atoms with Gasteiger partial charge >= 0.3 is 5.97 Å². The number of hydrogen-bond acceptors (Lipinski definition) is 5. The van der Waals surface area contributed by atoms with E-state index in [1.54, 1.807) is 11.0 Å². The maximum Gasteiger partial charge on any atom is 0.328 e. The zero-order valence-corrected chi connectivity index (χ0v) is 16.4. The number of nitrogens with zero attached hydrogens (tertiary/aromatic N) is 3. The van der Waals surface area contributed by atoms with Gasteiger partial charge in [-0.05, 0) is 30.2 Å². The van der Waals surface area contributed by atoms with Crippen molar-refractivity contribution in [3.05, 3.63) is 47.1 Å². The predicted molar refractivity (Wildman–Crippen MR) is 103 cm³/mol. The van der Waals surface area contributed by atoms with Crippen LogP contribution in [0, 0.1) is 0 Å². The van der Waals surface area contributed by atoms with Gasteiger partial charge in [-0.1, -0.05) is 15.9 Å². The molecule has 27 heavy (non-hydrogen) atoms. The average molecular weight is 434 g/mol. The zero-order valence-electron chi connectivity index (χ0n) is 14.8. The molecule has 0 saturated heterocycles. The Hall–Kier alpha value is -2.68. The molecule has 0 spiro atoms. The molecule has 0 bridgehead atoms. The normalized spacial score (nSPS) is 12.1. The minimum absolute atomic E-state index is 0.202. The Bertz CT molecular complexity index is 922. The van der Waals surface area contributed by atoms with Crippen molar-refractivity contribution in [3.8, 4) is 0 Å². The number of aromatic amines is 1. The lowest BCUT2D eigenvalue weighted by molar-refractivity contribution is -0.145. The molecule has 0 radical (unpaired) electrons. The minimum atomic E-state index is -0.744. The first-order valence-electron chi connectivity index (χ1n) is 8.52. The minimum Gasteiger partial charge on any atom is -0.467 e. The van der Waals surface area contributed by atoms with Crippen molar-refractivity contribution in [2.45, 2.75) is 31.8 Å². The van der Waals surface area contributed by atoms with Crippen LogP contribution >= 0.6 is 15.9 Å². The number of ether oxygens (including phenoxy) is 1. The Balaban J connectivity index is 1.63. The smallest absolute Gasteiger partial charge is 0.328 e. The maximum atomic E-state index is 12.3. The lowest BCUT2D eigenvalue weighted by Crippen LogP contribution is -2.43. The molecule has 8 nitrogen and oxygen atoms in total. The Labute approximate surface area is 164 Å². The van der Waals surface area contributed by atoms with Gasteiger partial charge in [-0.2, -0.15) is 5.10 Å². The van der Waals surface area contributed by atoms with Gasteiger partial charge in [0.15, 0.2) is 0 Å². The number of carbonyl (C=O) groups excluding carboxylic acids is 2. The number of benzene rings is 1. The standard InChI is InChI=1S/C18H20BrN5O3/c1-27-18(26)16(23-17(25)3-2-6-24-11-20-10-22-24)7-12-9-21-15-5-4-13(19)8-14(12)15/h4-5,8-11,16,21H,2-3,6-7H2,1H3,(H,23,25). The van der Waals surface area contributed by atoms with Crippen LogP contribution in [0.1, 0.15) is 18.4 Å². The molecule has 0 aliphatic carbocycles. The van der Waals surface area contributed by atoms with Crippen molar-refractivity contribution in [2.24, 2.45) is 0 Å². The van der Waals surface area contributed by atoms with Gasteiger partial charge in [0.2, 0.25) is 5.91 Å². The summed E-state index contributed by atoms with van der Waals surface area (Å²) in [7, 11) is 1.32. The van der Waals surface area contributed by atoms with E-state index >= 15 is 0 Å². The fourth-order valence-corrected chi connectivity index (χ4v) is 3.25. The number of carbonyl (C=O) groups is 2. The third kappa shape index (κ3) is 4.94. The van der Waals surface area contributed by atoms with E-state index in [4.69, 9.17) is 4.74 Å². The van der Waals surface area contributed by atoms with E-state index in [2.05, 4.69) is 36.3 Å². The number of methoxy groups -OCH3 is 1. The van der Waals surface area contributed by atoms with Crippen LogP contribution in [0.2, 0.25) is 0 Å². The van der Waals surface area contributed by atoms with E-state index in [0.29, 0.717) is 19.4 Å². The number of esters is 1. The molecule has 0 aliphatic rings. The SMILES string of the molecule is COC(=O)C(Cc1c[nH]c2ccc(Br)cc12)NC(=O)CCCn1cncn1. The van der Waals surface area contributed by atoms with E-state index in [-0.39, 0.29) is 12.3 Å². The number of hydrogen-bond donors (Lipinski definition) is 2. The van der Waals surface area contributed by atoms with Crippen molar-refractivity contribution in [1.29, 1.82) is 0 Å². The number of aryl methyl sites for hydroxylation is 1. The Kier molecular flexibility index (Phi) is 6.23. The first kappa shape index (κ1) is 19.1. The van der Waals surface area contributed by atoms with Crippen LogP contribution in [0.5, 0.6) is 0 Å². The first-order chi connectivity index (χ1) is 13.1. The number of aromatic nitrogens is 4. The highest BCUT2D eigenvalue weighted by molar-refractivity contribution is 9.10. The molecule has 3 aromatic rings. The lowest BCUT2D eigenvalue weighted by atomic mass is 10.0. The van der Waals surface area contributed by atoms with E-state index < -0.39 is 12.0 Å². The van der Waals surface area contributed by atoms with Crippen LogP contribution < -0.4 is 5.32 Å². The molecular weight excluding hydrogens is 414 g/mol. The van der Waals surface area contributed by atoms with E-state index in [9.17, 15) is 9.59 Å². The summed E-state index contributed by atoms with van der Waals surface area (Å²) in [6.07, 6.45) is 6.13. The summed E-state index contributed by atoms with van der Waals surface area (Å²) in [5, 5.41) is 7.77. The molecule has 1 aromatic carbocycles. The average Bonchev–Trinajstić information content (AvgIpc) is 3.30. The van der Waals surface area contributed by atoms with Gasteiger partial charge in [-0.25, -0.2) is 9.78 Å². The van der Waals surface area contributed by atoms with Crippen LogP contribution in [0.3, 0.4) is 0 Å². The summed E-state index contributed by atoms with van der Waals surface area (Å²) in [6.45, 7) is 0.590. The maximum absolute atomic E-state index is 12.3. The van der Waals surface area contributed by atoms with Gasteiger partial charge in [-0.15, -0.1) is 0 Å². The van der Waals surface area contributed by atoms with Crippen LogP contribution in [-0.4, -0.2) is 44.8 Å². The Morgan fingerprint density at radius 1 is 1.41 bits per heavy atom. The van der Waals surface area contributed by atoms with Crippen LogP contribution in [0.15, 0.2) is 41.5 Å².